The molecular formula is C24H29N3O2. The summed E-state index contributed by atoms with van der Waals surface area (Å²) in [4.78, 5) is 9.40. The molecule has 5 heteroatoms. The quantitative estimate of drug-likeness (QED) is 0.670. The van der Waals surface area contributed by atoms with E-state index in [9.17, 15) is 5.11 Å². The molecule has 1 atom stereocenters. The Labute approximate surface area is 172 Å². The van der Waals surface area contributed by atoms with Gasteiger partial charge in [0.15, 0.2) is 0 Å². The maximum Gasteiger partial charge on any atom is 0.119 e. The molecule has 2 aromatic carbocycles. The number of nitrogens with zero attached hydrogens (tertiary/aromatic N) is 3. The van der Waals surface area contributed by atoms with Crippen molar-refractivity contribution < 1.29 is 9.84 Å². The molecule has 4 rings (SSSR count). The van der Waals surface area contributed by atoms with Gasteiger partial charge in [-0.1, -0.05) is 24.3 Å². The second kappa shape index (κ2) is 9.35. The lowest BCUT2D eigenvalue weighted by Gasteiger charge is -2.41. The summed E-state index contributed by atoms with van der Waals surface area (Å²) in [5.74, 6) is 0.894. The standard InChI is InChI=1S/C24H29N3O2/c1-29-23-6-2-4-19(15-23)17-27-12-11-26(18-22(27)9-13-28)16-20-7-8-24-21(14-20)5-3-10-25-24/h2-8,10,14-15,22,28H,9,11-13,16-18H2,1H3/t22-/m0/s1. The molecule has 0 amide bonds. The minimum Gasteiger partial charge on any atom is -0.497 e. The summed E-state index contributed by atoms with van der Waals surface area (Å²) in [6.45, 7) is 5.02. The Balaban J connectivity index is 1.42. The predicted octanol–water partition coefficient (Wildman–Crippen LogP) is 3.31. The molecule has 1 fully saturated rings. The van der Waals surface area contributed by atoms with Gasteiger partial charge in [0.05, 0.1) is 12.6 Å². The van der Waals surface area contributed by atoms with Crippen LogP contribution in [0.5, 0.6) is 5.75 Å². The fourth-order valence-electron chi connectivity index (χ4n) is 4.22. The highest BCUT2D eigenvalue weighted by Gasteiger charge is 2.26. The number of pyridine rings is 1. The van der Waals surface area contributed by atoms with E-state index >= 15 is 0 Å². The first-order valence-electron chi connectivity index (χ1n) is 10.3. The second-order valence-corrected chi connectivity index (χ2v) is 7.75. The number of hydrogen-bond acceptors (Lipinski definition) is 5. The Bertz CT molecular complexity index is 946. The largest absolute Gasteiger partial charge is 0.497 e. The van der Waals surface area contributed by atoms with E-state index in [4.69, 9.17) is 4.74 Å². The van der Waals surface area contributed by atoms with Crippen LogP contribution in [0.1, 0.15) is 17.5 Å². The van der Waals surface area contributed by atoms with Crippen LogP contribution in [0.4, 0.5) is 0 Å². The number of piperazine rings is 1. The van der Waals surface area contributed by atoms with Crippen LogP contribution in [-0.2, 0) is 13.1 Å². The Hall–Kier alpha value is -2.47. The molecule has 3 aromatic rings. The SMILES string of the molecule is COc1cccc(CN2CCN(Cc3ccc4ncccc4c3)C[C@@H]2CCO)c1. The van der Waals surface area contributed by atoms with E-state index in [1.807, 2.05) is 24.4 Å². The van der Waals surface area contributed by atoms with Gasteiger partial charge in [0.2, 0.25) is 0 Å². The van der Waals surface area contributed by atoms with Crippen molar-refractivity contribution in [2.75, 3.05) is 33.4 Å². The summed E-state index contributed by atoms with van der Waals surface area (Å²) >= 11 is 0. The molecule has 1 aliphatic heterocycles. The second-order valence-electron chi connectivity index (χ2n) is 7.75. The van der Waals surface area contributed by atoms with Gasteiger partial charge in [0.1, 0.15) is 5.75 Å². The molecule has 0 bridgehead atoms. The van der Waals surface area contributed by atoms with Crippen molar-refractivity contribution in [3.05, 3.63) is 71.9 Å². The lowest BCUT2D eigenvalue weighted by Crippen LogP contribution is -2.52. The lowest BCUT2D eigenvalue weighted by molar-refractivity contribution is 0.0499. The first-order chi connectivity index (χ1) is 14.2. The van der Waals surface area contributed by atoms with E-state index in [1.165, 1.54) is 16.5 Å². The smallest absolute Gasteiger partial charge is 0.119 e. The predicted molar refractivity (Wildman–Crippen MR) is 116 cm³/mol. The van der Waals surface area contributed by atoms with Gasteiger partial charge in [0, 0.05) is 57.0 Å². The fraction of sp³-hybridized carbons (Fsp3) is 0.375. The number of ether oxygens (including phenoxy) is 1. The van der Waals surface area contributed by atoms with Crippen LogP contribution in [0.25, 0.3) is 10.9 Å². The number of rotatable bonds is 7. The Kier molecular flexibility index (Phi) is 6.39. The third-order valence-electron chi connectivity index (χ3n) is 5.74. The van der Waals surface area contributed by atoms with Crippen LogP contribution in [0.3, 0.4) is 0 Å². The minimum absolute atomic E-state index is 0.217. The van der Waals surface area contributed by atoms with E-state index in [-0.39, 0.29) is 6.61 Å². The lowest BCUT2D eigenvalue weighted by atomic mass is 10.1. The average Bonchev–Trinajstić information content (AvgIpc) is 2.76. The van der Waals surface area contributed by atoms with Crippen molar-refractivity contribution >= 4 is 10.9 Å². The highest BCUT2D eigenvalue weighted by atomic mass is 16.5. The zero-order chi connectivity index (χ0) is 20.1. The summed E-state index contributed by atoms with van der Waals surface area (Å²) in [7, 11) is 1.70. The molecule has 1 saturated heterocycles. The van der Waals surface area contributed by atoms with Gasteiger partial charge in [0.25, 0.3) is 0 Å². The van der Waals surface area contributed by atoms with Crippen molar-refractivity contribution in [3.63, 3.8) is 0 Å². The molecule has 0 aliphatic carbocycles. The number of aliphatic hydroxyl groups excluding tert-OH is 1. The molecule has 1 N–H and O–H groups in total. The Morgan fingerprint density at radius 2 is 1.93 bits per heavy atom. The van der Waals surface area contributed by atoms with E-state index < -0.39 is 0 Å². The van der Waals surface area contributed by atoms with E-state index in [1.54, 1.807) is 7.11 Å². The van der Waals surface area contributed by atoms with E-state index in [0.29, 0.717) is 6.04 Å². The molecule has 0 unspecified atom stereocenters. The molecule has 152 valence electrons. The van der Waals surface area contributed by atoms with Gasteiger partial charge in [-0.2, -0.15) is 0 Å². The number of aliphatic hydroxyl groups is 1. The summed E-state index contributed by atoms with van der Waals surface area (Å²) in [5.41, 5.74) is 3.61. The van der Waals surface area contributed by atoms with Gasteiger partial charge in [-0.05, 0) is 47.9 Å². The zero-order valence-corrected chi connectivity index (χ0v) is 17.0. The van der Waals surface area contributed by atoms with Crippen LogP contribution in [0.2, 0.25) is 0 Å². The number of benzene rings is 2. The van der Waals surface area contributed by atoms with Gasteiger partial charge < -0.3 is 9.84 Å². The van der Waals surface area contributed by atoms with Crippen molar-refractivity contribution in [2.24, 2.45) is 0 Å². The van der Waals surface area contributed by atoms with Gasteiger partial charge in [-0.25, -0.2) is 0 Å². The molecule has 1 aromatic heterocycles. The van der Waals surface area contributed by atoms with Crippen molar-refractivity contribution in [1.82, 2.24) is 14.8 Å². The van der Waals surface area contributed by atoms with Crippen LogP contribution in [-0.4, -0.2) is 59.3 Å². The topological polar surface area (TPSA) is 48.8 Å². The maximum absolute atomic E-state index is 9.61. The third kappa shape index (κ3) is 4.93. The summed E-state index contributed by atoms with van der Waals surface area (Å²) < 4.78 is 5.36. The van der Waals surface area contributed by atoms with E-state index in [2.05, 4.69) is 51.2 Å². The highest BCUT2D eigenvalue weighted by Crippen LogP contribution is 2.21. The van der Waals surface area contributed by atoms with Crippen molar-refractivity contribution in [1.29, 1.82) is 0 Å². The summed E-state index contributed by atoms with van der Waals surface area (Å²) in [6.07, 6.45) is 2.63. The first kappa shape index (κ1) is 19.8. The maximum atomic E-state index is 9.61. The molecular weight excluding hydrogens is 362 g/mol. The first-order valence-corrected chi connectivity index (χ1v) is 10.3. The van der Waals surface area contributed by atoms with Crippen LogP contribution >= 0.6 is 0 Å². The molecule has 0 radical (unpaired) electrons. The number of fused-ring (bicyclic) bond motifs is 1. The summed E-state index contributed by atoms with van der Waals surface area (Å²) in [6, 6.07) is 19.3. The highest BCUT2D eigenvalue weighted by molar-refractivity contribution is 5.78. The minimum atomic E-state index is 0.217. The average molecular weight is 392 g/mol. The molecule has 0 saturated carbocycles. The Morgan fingerprint density at radius 1 is 1.03 bits per heavy atom. The molecule has 2 heterocycles. The zero-order valence-electron chi connectivity index (χ0n) is 17.0. The third-order valence-corrected chi connectivity index (χ3v) is 5.74. The van der Waals surface area contributed by atoms with Gasteiger partial charge in [-0.15, -0.1) is 0 Å². The van der Waals surface area contributed by atoms with Gasteiger partial charge >= 0.3 is 0 Å². The van der Waals surface area contributed by atoms with E-state index in [0.717, 1.165) is 50.4 Å². The molecule has 5 nitrogen and oxygen atoms in total. The molecule has 1 aliphatic rings. The number of methoxy groups -OCH3 is 1. The number of aromatic nitrogens is 1. The summed E-state index contributed by atoms with van der Waals surface area (Å²) in [5, 5.41) is 10.8. The van der Waals surface area contributed by atoms with Gasteiger partial charge in [-0.3, -0.25) is 14.8 Å². The normalized spacial score (nSPS) is 18.2. The van der Waals surface area contributed by atoms with Crippen molar-refractivity contribution in [2.45, 2.75) is 25.6 Å². The van der Waals surface area contributed by atoms with Crippen LogP contribution in [0, 0.1) is 0 Å². The molecule has 0 spiro atoms. The molecule has 29 heavy (non-hydrogen) atoms. The van der Waals surface area contributed by atoms with Crippen LogP contribution in [0.15, 0.2) is 60.8 Å². The fourth-order valence-corrected chi connectivity index (χ4v) is 4.22. The monoisotopic (exact) mass is 391 g/mol. The Morgan fingerprint density at radius 3 is 2.79 bits per heavy atom. The van der Waals surface area contributed by atoms with Crippen LogP contribution < -0.4 is 4.74 Å². The van der Waals surface area contributed by atoms with Crippen molar-refractivity contribution in [3.8, 4) is 5.75 Å². The number of hydrogen-bond donors (Lipinski definition) is 1.